The number of aryl methyl sites for hydroxylation is 1. The van der Waals surface area contributed by atoms with Crippen LogP contribution in [0.5, 0.6) is 5.75 Å². The third-order valence-electron chi connectivity index (χ3n) is 4.12. The third kappa shape index (κ3) is 4.22. The van der Waals surface area contributed by atoms with Crippen LogP contribution in [-0.4, -0.2) is 32.9 Å². The average molecular weight is 277 g/mol. The van der Waals surface area contributed by atoms with Crippen molar-refractivity contribution in [3.8, 4) is 5.75 Å². The van der Waals surface area contributed by atoms with Crippen molar-refractivity contribution >= 4 is 0 Å². The molecule has 0 spiro atoms. The van der Waals surface area contributed by atoms with Crippen LogP contribution >= 0.6 is 0 Å². The van der Waals surface area contributed by atoms with E-state index in [9.17, 15) is 0 Å². The Bertz CT molecular complexity index is 386. The van der Waals surface area contributed by atoms with Gasteiger partial charge in [-0.25, -0.2) is 0 Å². The molecule has 0 radical (unpaired) electrons. The second-order valence-corrected chi connectivity index (χ2v) is 5.59. The summed E-state index contributed by atoms with van der Waals surface area (Å²) in [7, 11) is 3.55. The maximum Gasteiger partial charge on any atom is 0.118 e. The lowest BCUT2D eigenvalue weighted by molar-refractivity contribution is 0.0490. The Labute approximate surface area is 122 Å². The molecule has 1 aromatic carbocycles. The molecule has 3 heteroatoms. The van der Waals surface area contributed by atoms with Gasteiger partial charge in [-0.3, -0.25) is 0 Å². The summed E-state index contributed by atoms with van der Waals surface area (Å²) in [5.74, 6) is 1.68. The van der Waals surface area contributed by atoms with Crippen molar-refractivity contribution in [2.24, 2.45) is 5.92 Å². The number of methoxy groups -OCH3 is 2. The average Bonchev–Trinajstić information content (AvgIpc) is 3.31. The fourth-order valence-corrected chi connectivity index (χ4v) is 2.87. The van der Waals surface area contributed by atoms with Gasteiger partial charge in [0.25, 0.3) is 0 Å². The lowest BCUT2D eigenvalue weighted by atomic mass is 9.98. The summed E-state index contributed by atoms with van der Waals surface area (Å²) in [5, 5.41) is 3.60. The molecule has 1 fully saturated rings. The number of hydrogen-bond donors (Lipinski definition) is 1. The van der Waals surface area contributed by atoms with Crippen molar-refractivity contribution < 1.29 is 9.47 Å². The van der Waals surface area contributed by atoms with Gasteiger partial charge < -0.3 is 14.8 Å². The van der Waals surface area contributed by atoms with E-state index in [4.69, 9.17) is 9.47 Å². The second-order valence-electron chi connectivity index (χ2n) is 5.59. The minimum atomic E-state index is 0.369. The van der Waals surface area contributed by atoms with E-state index >= 15 is 0 Å². The van der Waals surface area contributed by atoms with Gasteiger partial charge in [-0.15, -0.1) is 0 Å². The minimum absolute atomic E-state index is 0.369. The molecule has 20 heavy (non-hydrogen) atoms. The molecule has 1 aliphatic carbocycles. The van der Waals surface area contributed by atoms with E-state index < -0.39 is 0 Å². The molecular weight excluding hydrogens is 250 g/mol. The molecule has 0 aliphatic heterocycles. The minimum Gasteiger partial charge on any atom is -0.497 e. The van der Waals surface area contributed by atoms with E-state index in [1.165, 1.54) is 18.4 Å². The molecule has 0 heterocycles. The van der Waals surface area contributed by atoms with Gasteiger partial charge in [0.2, 0.25) is 0 Å². The highest BCUT2D eigenvalue weighted by molar-refractivity contribution is 5.27. The molecule has 0 aromatic heterocycles. The Hall–Kier alpha value is -1.06. The Kier molecular flexibility index (Phi) is 5.86. The first-order valence-corrected chi connectivity index (χ1v) is 7.67. The van der Waals surface area contributed by atoms with E-state index in [-0.39, 0.29) is 0 Å². The van der Waals surface area contributed by atoms with Crippen molar-refractivity contribution in [3.63, 3.8) is 0 Å². The van der Waals surface area contributed by atoms with Gasteiger partial charge in [0.1, 0.15) is 5.75 Å². The van der Waals surface area contributed by atoms with Crippen molar-refractivity contribution in [1.82, 2.24) is 5.32 Å². The first-order chi connectivity index (χ1) is 9.78. The Morgan fingerprint density at radius 3 is 2.40 bits per heavy atom. The summed E-state index contributed by atoms with van der Waals surface area (Å²) >= 11 is 0. The van der Waals surface area contributed by atoms with Crippen LogP contribution in [-0.2, 0) is 11.2 Å². The maximum atomic E-state index is 5.73. The van der Waals surface area contributed by atoms with Gasteiger partial charge in [-0.2, -0.15) is 0 Å². The first-order valence-electron chi connectivity index (χ1n) is 7.67. The zero-order valence-electron chi connectivity index (χ0n) is 12.9. The summed E-state index contributed by atoms with van der Waals surface area (Å²) in [6, 6.07) is 8.83. The zero-order valence-corrected chi connectivity index (χ0v) is 12.9. The van der Waals surface area contributed by atoms with Crippen LogP contribution in [0.1, 0.15) is 31.7 Å². The van der Waals surface area contributed by atoms with Crippen molar-refractivity contribution in [1.29, 1.82) is 0 Å². The molecule has 1 N–H and O–H groups in total. The molecule has 2 rings (SSSR count). The molecule has 0 saturated heterocycles. The van der Waals surface area contributed by atoms with Crippen LogP contribution in [0.3, 0.4) is 0 Å². The van der Waals surface area contributed by atoms with Crippen molar-refractivity contribution in [3.05, 3.63) is 29.8 Å². The molecule has 0 amide bonds. The molecule has 112 valence electrons. The molecule has 1 aliphatic rings. The Balaban J connectivity index is 1.89. The van der Waals surface area contributed by atoms with E-state index in [1.807, 2.05) is 19.2 Å². The number of likely N-dealkylation sites (N-methyl/N-ethyl adjacent to an activating group) is 1. The summed E-state index contributed by atoms with van der Waals surface area (Å²) < 4.78 is 10.9. The highest BCUT2D eigenvalue weighted by atomic mass is 16.5. The monoisotopic (exact) mass is 277 g/mol. The van der Waals surface area contributed by atoms with E-state index in [0.29, 0.717) is 12.1 Å². The van der Waals surface area contributed by atoms with Crippen LogP contribution in [0.25, 0.3) is 0 Å². The van der Waals surface area contributed by atoms with E-state index in [2.05, 4.69) is 24.4 Å². The van der Waals surface area contributed by atoms with Gasteiger partial charge >= 0.3 is 0 Å². The van der Waals surface area contributed by atoms with Crippen molar-refractivity contribution in [2.75, 3.05) is 20.8 Å². The van der Waals surface area contributed by atoms with Crippen LogP contribution in [0.4, 0.5) is 0 Å². The van der Waals surface area contributed by atoms with Gasteiger partial charge in [0.15, 0.2) is 0 Å². The fourth-order valence-electron chi connectivity index (χ4n) is 2.87. The van der Waals surface area contributed by atoms with E-state index in [0.717, 1.165) is 31.1 Å². The largest absolute Gasteiger partial charge is 0.497 e. The number of benzene rings is 1. The normalized spacial score (nSPS) is 17.8. The number of rotatable bonds is 9. The highest BCUT2D eigenvalue weighted by Gasteiger charge is 2.36. The van der Waals surface area contributed by atoms with Crippen LogP contribution < -0.4 is 10.1 Å². The standard InChI is InChI=1S/C17H27NO2/c1-4-18-16(17(20-3)14-8-9-14)12-7-13-5-10-15(19-2)11-6-13/h5-6,10-11,14,16-18H,4,7-9,12H2,1-3H3. The third-order valence-corrected chi connectivity index (χ3v) is 4.12. The molecule has 1 saturated carbocycles. The molecule has 2 atom stereocenters. The second kappa shape index (κ2) is 7.65. The van der Waals surface area contributed by atoms with Gasteiger partial charge in [0, 0.05) is 13.2 Å². The van der Waals surface area contributed by atoms with Gasteiger partial charge in [-0.1, -0.05) is 19.1 Å². The number of nitrogens with one attached hydrogen (secondary N) is 1. The maximum absolute atomic E-state index is 5.73. The van der Waals surface area contributed by atoms with Gasteiger partial charge in [0.05, 0.1) is 13.2 Å². The van der Waals surface area contributed by atoms with Crippen LogP contribution in [0.15, 0.2) is 24.3 Å². The highest BCUT2D eigenvalue weighted by Crippen LogP contribution is 2.36. The lowest BCUT2D eigenvalue weighted by Gasteiger charge is -2.27. The molecule has 2 unspecified atom stereocenters. The summed E-state index contributed by atoms with van der Waals surface area (Å²) in [4.78, 5) is 0. The first kappa shape index (κ1) is 15.3. The summed E-state index contributed by atoms with van der Waals surface area (Å²) in [6.07, 6.45) is 5.21. The molecular formula is C17H27NO2. The fraction of sp³-hybridized carbons (Fsp3) is 0.647. The predicted molar refractivity (Wildman–Crippen MR) is 82.3 cm³/mol. The Morgan fingerprint density at radius 1 is 1.20 bits per heavy atom. The smallest absolute Gasteiger partial charge is 0.118 e. The quantitative estimate of drug-likeness (QED) is 0.752. The van der Waals surface area contributed by atoms with Crippen LogP contribution in [0, 0.1) is 5.92 Å². The molecule has 1 aromatic rings. The summed E-state index contributed by atoms with van der Waals surface area (Å²) in [6.45, 7) is 3.17. The summed E-state index contributed by atoms with van der Waals surface area (Å²) in [5.41, 5.74) is 1.36. The lowest BCUT2D eigenvalue weighted by Crippen LogP contribution is -2.42. The molecule has 3 nitrogen and oxygen atoms in total. The van der Waals surface area contributed by atoms with Crippen LogP contribution in [0.2, 0.25) is 0 Å². The zero-order chi connectivity index (χ0) is 14.4. The number of hydrogen-bond acceptors (Lipinski definition) is 3. The predicted octanol–water partition coefficient (Wildman–Crippen LogP) is 3.03. The number of ether oxygens (including phenoxy) is 2. The topological polar surface area (TPSA) is 30.5 Å². The Morgan fingerprint density at radius 2 is 1.90 bits per heavy atom. The van der Waals surface area contributed by atoms with E-state index in [1.54, 1.807) is 7.11 Å². The SMILES string of the molecule is CCNC(CCc1ccc(OC)cc1)C(OC)C1CC1. The molecule has 0 bridgehead atoms. The van der Waals surface area contributed by atoms with Gasteiger partial charge in [-0.05, 0) is 55.8 Å². The van der Waals surface area contributed by atoms with Crippen molar-refractivity contribution in [2.45, 2.75) is 44.8 Å².